The van der Waals surface area contributed by atoms with Gasteiger partial charge in [-0.15, -0.1) is 0 Å². The van der Waals surface area contributed by atoms with Gasteiger partial charge in [0, 0.05) is 30.4 Å². The second-order valence-electron chi connectivity index (χ2n) is 8.15. The molecule has 1 aliphatic rings. The summed E-state index contributed by atoms with van der Waals surface area (Å²) in [6.07, 6.45) is 1.27. The van der Waals surface area contributed by atoms with Crippen LogP contribution in [0.5, 0.6) is 0 Å². The van der Waals surface area contributed by atoms with Gasteiger partial charge in [0.2, 0.25) is 5.43 Å². The summed E-state index contributed by atoms with van der Waals surface area (Å²) in [5, 5.41) is 9.37. The average Bonchev–Trinajstić information content (AvgIpc) is 2.44. The first-order valence-corrected chi connectivity index (χ1v) is 8.56. The zero-order chi connectivity index (χ0) is 19.6. The van der Waals surface area contributed by atoms with E-state index in [1.165, 1.54) is 6.20 Å². The highest BCUT2D eigenvalue weighted by molar-refractivity contribution is 6.38. The van der Waals surface area contributed by atoms with Gasteiger partial charge < -0.3 is 20.3 Å². The van der Waals surface area contributed by atoms with Crippen LogP contribution in [-0.4, -0.2) is 34.3 Å². The summed E-state index contributed by atoms with van der Waals surface area (Å²) in [6.45, 7) is 8.28. The molecule has 26 heavy (non-hydrogen) atoms. The van der Waals surface area contributed by atoms with E-state index in [9.17, 15) is 19.1 Å². The van der Waals surface area contributed by atoms with E-state index in [0.717, 1.165) is 6.07 Å². The van der Waals surface area contributed by atoms with E-state index in [0.29, 0.717) is 18.6 Å². The van der Waals surface area contributed by atoms with Crippen LogP contribution >= 0.6 is 11.6 Å². The summed E-state index contributed by atoms with van der Waals surface area (Å²) >= 11 is 6.53. The highest BCUT2D eigenvalue weighted by atomic mass is 35.5. The molecule has 0 unspecified atom stereocenters. The lowest BCUT2D eigenvalue weighted by Gasteiger charge is -2.47. The second kappa shape index (κ2) is 5.69. The summed E-state index contributed by atoms with van der Waals surface area (Å²) in [5.41, 5.74) is 4.32. The van der Waals surface area contributed by atoms with Gasteiger partial charge in [0.05, 0.1) is 21.6 Å². The van der Waals surface area contributed by atoms with Crippen molar-refractivity contribution in [2.45, 2.75) is 38.8 Å². The third kappa shape index (κ3) is 2.85. The van der Waals surface area contributed by atoms with Crippen LogP contribution in [0.4, 0.5) is 10.1 Å². The van der Waals surface area contributed by atoms with Crippen LogP contribution in [0.15, 0.2) is 17.1 Å². The lowest BCUT2D eigenvalue weighted by molar-refractivity contribution is 0.0694. The number of carboxylic acids is 1. The highest BCUT2D eigenvalue weighted by Gasteiger charge is 2.38. The van der Waals surface area contributed by atoms with Gasteiger partial charge in [0.15, 0.2) is 0 Å². The van der Waals surface area contributed by atoms with Gasteiger partial charge in [-0.2, -0.15) is 0 Å². The van der Waals surface area contributed by atoms with Gasteiger partial charge in [-0.25, -0.2) is 9.18 Å². The Morgan fingerprint density at radius 3 is 2.42 bits per heavy atom. The summed E-state index contributed by atoms with van der Waals surface area (Å²) in [4.78, 5) is 25.7. The standard InChI is InChI=1S/C18H21ClFN3O3/c1-17(2,3)23-6-10(16(25)26)15(24)9-5-11(20)14(12(19)13(9)23)22-7-18(4,21)8-22/h5-6H,7-8,21H2,1-4H3,(H,25,26). The van der Waals surface area contributed by atoms with Crippen LogP contribution in [0, 0.1) is 5.82 Å². The van der Waals surface area contributed by atoms with E-state index < -0.39 is 33.9 Å². The number of hydrogen-bond acceptors (Lipinski definition) is 4. The first kappa shape index (κ1) is 18.7. The number of aromatic nitrogens is 1. The van der Waals surface area contributed by atoms with Crippen molar-refractivity contribution in [2.24, 2.45) is 5.73 Å². The van der Waals surface area contributed by atoms with Crippen LogP contribution in [0.1, 0.15) is 38.1 Å². The number of pyridine rings is 1. The van der Waals surface area contributed by atoms with E-state index in [-0.39, 0.29) is 16.1 Å². The summed E-state index contributed by atoms with van der Waals surface area (Å²) in [7, 11) is 0. The van der Waals surface area contributed by atoms with Gasteiger partial charge in [-0.1, -0.05) is 11.6 Å². The minimum Gasteiger partial charge on any atom is -0.477 e. The maximum Gasteiger partial charge on any atom is 0.341 e. The molecule has 8 heteroatoms. The van der Waals surface area contributed by atoms with E-state index >= 15 is 0 Å². The number of rotatable bonds is 2. The molecular weight excluding hydrogens is 361 g/mol. The Labute approximate surface area is 155 Å². The number of carboxylic acid groups (broad SMARTS) is 1. The number of nitrogens with two attached hydrogens (primary N) is 1. The fraction of sp³-hybridized carbons (Fsp3) is 0.444. The average molecular weight is 382 g/mol. The van der Waals surface area contributed by atoms with Crippen LogP contribution in [0.2, 0.25) is 5.02 Å². The third-order valence-corrected chi connectivity index (χ3v) is 4.89. The van der Waals surface area contributed by atoms with Gasteiger partial charge in [-0.05, 0) is 33.8 Å². The molecule has 0 spiro atoms. The summed E-state index contributed by atoms with van der Waals surface area (Å²) < 4.78 is 16.4. The van der Waals surface area contributed by atoms with Crippen molar-refractivity contribution in [1.29, 1.82) is 0 Å². The molecule has 3 rings (SSSR count). The quantitative estimate of drug-likeness (QED) is 0.835. The fourth-order valence-electron chi connectivity index (χ4n) is 3.36. The molecule has 0 amide bonds. The second-order valence-corrected chi connectivity index (χ2v) is 8.52. The molecule has 1 aromatic heterocycles. The van der Waals surface area contributed by atoms with Gasteiger partial charge in [-0.3, -0.25) is 4.79 Å². The van der Waals surface area contributed by atoms with Gasteiger partial charge in [0.1, 0.15) is 11.4 Å². The van der Waals surface area contributed by atoms with E-state index in [1.807, 2.05) is 27.7 Å². The number of aromatic carboxylic acids is 1. The van der Waals surface area contributed by atoms with E-state index in [1.54, 1.807) is 9.47 Å². The molecule has 3 N–H and O–H groups in total. The van der Waals surface area contributed by atoms with Crippen LogP contribution in [0.3, 0.4) is 0 Å². The number of halogens is 2. The predicted octanol–water partition coefficient (Wildman–Crippen LogP) is 2.78. The minimum absolute atomic E-state index is 0.0536. The molecule has 0 radical (unpaired) electrons. The largest absolute Gasteiger partial charge is 0.477 e. The van der Waals surface area contributed by atoms with Crippen LogP contribution < -0.4 is 16.1 Å². The highest BCUT2D eigenvalue weighted by Crippen LogP contribution is 2.40. The number of fused-ring (bicyclic) bond motifs is 1. The summed E-state index contributed by atoms with van der Waals surface area (Å²) in [5.74, 6) is -2.03. The topological polar surface area (TPSA) is 88.6 Å². The Kier molecular flexibility index (Phi) is 4.08. The lowest BCUT2D eigenvalue weighted by Crippen LogP contribution is -2.65. The van der Waals surface area contributed by atoms with Crippen molar-refractivity contribution in [1.82, 2.24) is 4.57 Å². The number of benzene rings is 1. The lowest BCUT2D eigenvalue weighted by atomic mass is 9.92. The Balaban J connectivity index is 2.39. The van der Waals surface area contributed by atoms with Crippen molar-refractivity contribution in [3.63, 3.8) is 0 Å². The summed E-state index contributed by atoms with van der Waals surface area (Å²) in [6, 6.07) is 1.07. The minimum atomic E-state index is -1.36. The maximum atomic E-state index is 14.8. The van der Waals surface area contributed by atoms with Crippen molar-refractivity contribution in [3.05, 3.63) is 38.9 Å². The fourth-order valence-corrected chi connectivity index (χ4v) is 3.76. The molecule has 2 aromatic rings. The molecule has 0 atom stereocenters. The third-order valence-electron chi connectivity index (χ3n) is 4.53. The molecule has 1 aliphatic heterocycles. The monoisotopic (exact) mass is 381 g/mol. The van der Waals surface area contributed by atoms with Gasteiger partial charge >= 0.3 is 5.97 Å². The van der Waals surface area contributed by atoms with E-state index in [4.69, 9.17) is 17.3 Å². The molecule has 0 saturated carbocycles. The Morgan fingerprint density at radius 2 is 1.96 bits per heavy atom. The van der Waals surface area contributed by atoms with Gasteiger partial charge in [0.25, 0.3) is 0 Å². The van der Waals surface area contributed by atoms with Crippen molar-refractivity contribution >= 4 is 34.2 Å². The van der Waals surface area contributed by atoms with Crippen molar-refractivity contribution in [2.75, 3.05) is 18.0 Å². The number of nitrogens with zero attached hydrogens (tertiary/aromatic N) is 2. The zero-order valence-corrected chi connectivity index (χ0v) is 15.8. The molecular formula is C18H21ClFN3O3. The molecule has 1 saturated heterocycles. The first-order chi connectivity index (χ1) is 11.8. The molecule has 0 bridgehead atoms. The predicted molar refractivity (Wildman–Crippen MR) is 99.9 cm³/mol. The molecule has 6 nitrogen and oxygen atoms in total. The number of anilines is 1. The number of carbonyl (C=O) groups is 1. The maximum absolute atomic E-state index is 14.8. The normalized spacial score (nSPS) is 16.7. The van der Waals surface area contributed by atoms with E-state index in [2.05, 4.69) is 0 Å². The SMILES string of the molecule is CC1(N)CN(c2c(F)cc3c(=O)c(C(=O)O)cn(C(C)(C)C)c3c2Cl)C1. The molecule has 2 heterocycles. The zero-order valence-electron chi connectivity index (χ0n) is 15.1. The van der Waals surface area contributed by atoms with Crippen LogP contribution in [-0.2, 0) is 5.54 Å². The van der Waals surface area contributed by atoms with Crippen LogP contribution in [0.25, 0.3) is 10.9 Å². The van der Waals surface area contributed by atoms with Crippen molar-refractivity contribution in [3.8, 4) is 0 Å². The molecule has 1 fully saturated rings. The van der Waals surface area contributed by atoms with Crippen molar-refractivity contribution < 1.29 is 14.3 Å². The molecule has 140 valence electrons. The Bertz CT molecular complexity index is 984. The smallest absolute Gasteiger partial charge is 0.341 e. The first-order valence-electron chi connectivity index (χ1n) is 8.18. The number of hydrogen-bond donors (Lipinski definition) is 2. The molecule has 1 aromatic carbocycles. The Hall–Kier alpha value is -2.12. The molecule has 0 aliphatic carbocycles. The Morgan fingerprint density at radius 1 is 1.38 bits per heavy atom.